The van der Waals surface area contributed by atoms with E-state index in [4.69, 9.17) is 0 Å². The highest BCUT2D eigenvalue weighted by Crippen LogP contribution is 2.19. The molecule has 1 atom stereocenters. The zero-order valence-corrected chi connectivity index (χ0v) is 21.3. The first-order valence-electron chi connectivity index (χ1n) is 13.7. The zero-order chi connectivity index (χ0) is 22.8. The average molecular weight is 435 g/mol. The molecule has 0 radical (unpaired) electrons. The van der Waals surface area contributed by atoms with E-state index in [2.05, 4.69) is 43.2 Å². The zero-order valence-electron chi connectivity index (χ0n) is 21.3. The average Bonchev–Trinajstić information content (AvgIpc) is 2.78. The largest absolute Gasteiger partial charge is 0.345 e. The molecule has 0 aliphatic carbocycles. The summed E-state index contributed by atoms with van der Waals surface area (Å²) in [5.41, 5.74) is 0. The van der Waals surface area contributed by atoms with Gasteiger partial charge in [0.05, 0.1) is 6.54 Å². The number of amides is 1. The van der Waals surface area contributed by atoms with E-state index in [0.717, 1.165) is 32.4 Å². The summed E-state index contributed by atoms with van der Waals surface area (Å²) in [7, 11) is 0. The van der Waals surface area contributed by atoms with Gasteiger partial charge in [-0.05, 0) is 25.8 Å². The fourth-order valence-corrected chi connectivity index (χ4v) is 3.95. The van der Waals surface area contributed by atoms with Crippen LogP contribution in [0.3, 0.4) is 0 Å². The molecule has 0 rings (SSSR count). The summed E-state index contributed by atoms with van der Waals surface area (Å²) >= 11 is 0. The SMILES string of the molecule is CCCCCCCCNCCC#CCNC(=O)C(CCCCCC)CCCCCCC. The third kappa shape index (κ3) is 22.0. The molecular formula is C28H54N2O. The second kappa shape index (κ2) is 25.3. The number of hydrogen-bond donors (Lipinski definition) is 2. The van der Waals surface area contributed by atoms with Crippen LogP contribution >= 0.6 is 0 Å². The van der Waals surface area contributed by atoms with Gasteiger partial charge in [0.2, 0.25) is 5.91 Å². The van der Waals surface area contributed by atoms with Crippen LogP contribution in [0.15, 0.2) is 0 Å². The van der Waals surface area contributed by atoms with Crippen molar-refractivity contribution < 1.29 is 4.79 Å². The lowest BCUT2D eigenvalue weighted by atomic mass is 9.93. The van der Waals surface area contributed by atoms with E-state index in [9.17, 15) is 4.79 Å². The van der Waals surface area contributed by atoms with Gasteiger partial charge in [-0.1, -0.05) is 117 Å². The van der Waals surface area contributed by atoms with Gasteiger partial charge in [-0.2, -0.15) is 0 Å². The highest BCUT2D eigenvalue weighted by atomic mass is 16.1. The van der Waals surface area contributed by atoms with E-state index in [1.54, 1.807) is 0 Å². The van der Waals surface area contributed by atoms with Crippen molar-refractivity contribution in [3.05, 3.63) is 0 Å². The Bertz CT molecular complexity index is 438. The number of rotatable bonds is 22. The Hall–Kier alpha value is -1.01. The molecule has 1 unspecified atom stereocenters. The molecule has 3 nitrogen and oxygen atoms in total. The molecule has 182 valence electrons. The van der Waals surface area contributed by atoms with Crippen LogP contribution < -0.4 is 10.6 Å². The molecule has 0 aromatic carbocycles. The normalized spacial score (nSPS) is 11.7. The lowest BCUT2D eigenvalue weighted by molar-refractivity contribution is -0.125. The Morgan fingerprint density at radius 2 is 1.16 bits per heavy atom. The van der Waals surface area contributed by atoms with Crippen molar-refractivity contribution in [2.45, 2.75) is 136 Å². The minimum atomic E-state index is 0.180. The van der Waals surface area contributed by atoms with E-state index in [1.165, 1.54) is 96.3 Å². The van der Waals surface area contributed by atoms with E-state index in [0.29, 0.717) is 6.54 Å². The molecule has 3 heteroatoms. The monoisotopic (exact) mass is 434 g/mol. The highest BCUT2D eigenvalue weighted by Gasteiger charge is 2.16. The Morgan fingerprint density at radius 1 is 0.645 bits per heavy atom. The lowest BCUT2D eigenvalue weighted by Crippen LogP contribution is -2.31. The fourth-order valence-electron chi connectivity index (χ4n) is 3.95. The molecule has 31 heavy (non-hydrogen) atoms. The Morgan fingerprint density at radius 3 is 1.77 bits per heavy atom. The molecule has 1 amide bonds. The summed E-state index contributed by atoms with van der Waals surface area (Å²) in [5, 5.41) is 6.55. The highest BCUT2D eigenvalue weighted by molar-refractivity contribution is 5.78. The van der Waals surface area contributed by atoms with E-state index < -0.39 is 0 Å². The van der Waals surface area contributed by atoms with Gasteiger partial charge in [-0.25, -0.2) is 0 Å². The molecule has 0 saturated heterocycles. The maximum atomic E-state index is 12.6. The summed E-state index contributed by atoms with van der Waals surface area (Å²) in [5.74, 6) is 6.74. The third-order valence-electron chi connectivity index (χ3n) is 6.04. The number of hydrogen-bond acceptors (Lipinski definition) is 2. The molecule has 0 bridgehead atoms. The van der Waals surface area contributed by atoms with Crippen molar-refractivity contribution in [2.24, 2.45) is 5.92 Å². The molecule has 0 fully saturated rings. The molecule has 0 spiro atoms. The van der Waals surface area contributed by atoms with E-state index >= 15 is 0 Å². The van der Waals surface area contributed by atoms with Crippen molar-refractivity contribution in [2.75, 3.05) is 19.6 Å². The van der Waals surface area contributed by atoms with Crippen molar-refractivity contribution in [3.63, 3.8) is 0 Å². The molecule has 0 aromatic heterocycles. The summed E-state index contributed by atoms with van der Waals surface area (Å²) in [6, 6.07) is 0. The van der Waals surface area contributed by atoms with Crippen molar-refractivity contribution in [1.29, 1.82) is 0 Å². The van der Waals surface area contributed by atoms with E-state index in [-0.39, 0.29) is 11.8 Å². The van der Waals surface area contributed by atoms with Crippen LogP contribution in [0, 0.1) is 17.8 Å². The van der Waals surface area contributed by atoms with Crippen LogP contribution in [0.4, 0.5) is 0 Å². The lowest BCUT2D eigenvalue weighted by Gasteiger charge is -2.16. The standard InChI is InChI=1S/C28H54N2O/c1-4-7-10-13-15-19-24-29-25-20-16-21-26-30-28(31)27(22-17-12-9-6-3)23-18-14-11-8-5-2/h27,29H,4-15,17-20,22-26H2,1-3H3,(H,30,31). The first-order valence-corrected chi connectivity index (χ1v) is 13.7. The summed E-state index contributed by atoms with van der Waals surface area (Å²) < 4.78 is 0. The van der Waals surface area contributed by atoms with Crippen LogP contribution in [0.25, 0.3) is 0 Å². The predicted molar refractivity (Wildman–Crippen MR) is 137 cm³/mol. The maximum Gasteiger partial charge on any atom is 0.223 e. The number of carbonyl (C=O) groups is 1. The quantitative estimate of drug-likeness (QED) is 0.138. The van der Waals surface area contributed by atoms with Gasteiger partial charge in [0, 0.05) is 18.9 Å². The van der Waals surface area contributed by atoms with Gasteiger partial charge in [-0.3, -0.25) is 4.79 Å². The molecular weight excluding hydrogens is 380 g/mol. The van der Waals surface area contributed by atoms with Crippen LogP contribution in [-0.4, -0.2) is 25.5 Å². The first-order chi connectivity index (χ1) is 15.3. The Labute approximate surface area is 195 Å². The molecule has 2 N–H and O–H groups in total. The van der Waals surface area contributed by atoms with Gasteiger partial charge >= 0.3 is 0 Å². The van der Waals surface area contributed by atoms with Crippen molar-refractivity contribution in [1.82, 2.24) is 10.6 Å². The minimum absolute atomic E-state index is 0.180. The number of nitrogens with one attached hydrogen (secondary N) is 2. The van der Waals surface area contributed by atoms with Crippen molar-refractivity contribution >= 4 is 5.91 Å². The smallest absolute Gasteiger partial charge is 0.223 e. The molecule has 0 aliphatic heterocycles. The fraction of sp³-hybridized carbons (Fsp3) is 0.893. The summed E-state index contributed by atoms with van der Waals surface area (Å²) in [4.78, 5) is 12.6. The summed E-state index contributed by atoms with van der Waals surface area (Å²) in [6.07, 6.45) is 22.3. The third-order valence-corrected chi connectivity index (χ3v) is 6.04. The second-order valence-electron chi connectivity index (χ2n) is 9.09. The molecule has 0 heterocycles. The Balaban J connectivity index is 3.90. The van der Waals surface area contributed by atoms with Gasteiger partial charge in [0.15, 0.2) is 0 Å². The number of unbranched alkanes of at least 4 members (excludes halogenated alkanes) is 12. The van der Waals surface area contributed by atoms with Crippen LogP contribution in [-0.2, 0) is 4.79 Å². The van der Waals surface area contributed by atoms with E-state index in [1.807, 2.05) is 0 Å². The van der Waals surface area contributed by atoms with Crippen LogP contribution in [0.2, 0.25) is 0 Å². The second-order valence-corrected chi connectivity index (χ2v) is 9.09. The predicted octanol–water partition coefficient (Wildman–Crippen LogP) is 7.39. The Kier molecular flexibility index (Phi) is 24.4. The minimum Gasteiger partial charge on any atom is -0.345 e. The maximum absolute atomic E-state index is 12.6. The number of carbonyl (C=O) groups excluding carboxylic acids is 1. The van der Waals surface area contributed by atoms with Gasteiger partial charge < -0.3 is 10.6 Å². The topological polar surface area (TPSA) is 41.1 Å². The van der Waals surface area contributed by atoms with Gasteiger partial charge in [-0.15, -0.1) is 5.92 Å². The summed E-state index contributed by atoms with van der Waals surface area (Å²) in [6.45, 7) is 9.29. The van der Waals surface area contributed by atoms with Crippen LogP contribution in [0.1, 0.15) is 136 Å². The first kappa shape index (κ1) is 30.0. The van der Waals surface area contributed by atoms with Crippen LogP contribution in [0.5, 0.6) is 0 Å². The molecule has 0 aromatic rings. The van der Waals surface area contributed by atoms with Crippen molar-refractivity contribution in [3.8, 4) is 11.8 Å². The van der Waals surface area contributed by atoms with Gasteiger partial charge in [0.1, 0.15) is 0 Å². The molecule has 0 saturated carbocycles. The van der Waals surface area contributed by atoms with Gasteiger partial charge in [0.25, 0.3) is 0 Å². The molecule has 0 aliphatic rings.